The van der Waals surface area contributed by atoms with Gasteiger partial charge in [0.15, 0.2) is 5.82 Å². The summed E-state index contributed by atoms with van der Waals surface area (Å²) in [4.78, 5) is 0.245. The summed E-state index contributed by atoms with van der Waals surface area (Å²) >= 11 is 0. The predicted octanol–water partition coefficient (Wildman–Crippen LogP) is 1.68. The highest BCUT2D eigenvalue weighted by Gasteiger charge is 2.18. The van der Waals surface area contributed by atoms with Crippen LogP contribution in [0.3, 0.4) is 0 Å². The first-order chi connectivity index (χ1) is 13.4. The molecule has 148 valence electrons. The van der Waals surface area contributed by atoms with Crippen LogP contribution in [0.15, 0.2) is 47.6 Å². The summed E-state index contributed by atoms with van der Waals surface area (Å²) in [5, 5.41) is 15.2. The SMILES string of the molecule is COc1cc(C)c(S(=O)(=O)NCCNc2ccc(-n3cccn3)nn2)cc1C. The number of anilines is 1. The second kappa shape index (κ2) is 8.36. The molecule has 0 radical (unpaired) electrons. The van der Waals surface area contributed by atoms with E-state index >= 15 is 0 Å². The molecule has 0 aliphatic carbocycles. The monoisotopic (exact) mass is 402 g/mol. The Labute approximate surface area is 163 Å². The van der Waals surface area contributed by atoms with Gasteiger partial charge in [0.25, 0.3) is 0 Å². The Kier molecular flexibility index (Phi) is 5.90. The van der Waals surface area contributed by atoms with Gasteiger partial charge >= 0.3 is 0 Å². The standard InChI is InChI=1S/C18H22N6O3S/c1-13-12-16(14(2)11-15(13)27-3)28(25,26)21-9-8-19-17-5-6-18(23-22-17)24-10-4-7-20-24/h4-7,10-12,21H,8-9H2,1-3H3,(H,19,22). The Balaban J connectivity index is 1.56. The van der Waals surface area contributed by atoms with Crippen LogP contribution in [-0.2, 0) is 10.0 Å². The number of benzene rings is 1. The summed E-state index contributed by atoms with van der Waals surface area (Å²) in [5.74, 6) is 1.81. The van der Waals surface area contributed by atoms with Crippen molar-refractivity contribution in [1.82, 2.24) is 24.7 Å². The normalized spacial score (nSPS) is 11.4. The molecule has 9 nitrogen and oxygen atoms in total. The van der Waals surface area contributed by atoms with Crippen LogP contribution < -0.4 is 14.8 Å². The van der Waals surface area contributed by atoms with Crippen LogP contribution >= 0.6 is 0 Å². The number of ether oxygens (including phenoxy) is 1. The number of hydrogen-bond donors (Lipinski definition) is 2. The second-order valence-corrected chi connectivity index (χ2v) is 7.87. The molecule has 0 fully saturated rings. The fraction of sp³-hybridized carbons (Fsp3) is 0.278. The Morgan fingerprint density at radius 2 is 1.93 bits per heavy atom. The molecule has 10 heteroatoms. The van der Waals surface area contributed by atoms with Crippen molar-refractivity contribution in [3.8, 4) is 11.6 Å². The third-order valence-electron chi connectivity index (χ3n) is 4.09. The molecule has 0 saturated heterocycles. The molecule has 0 bridgehead atoms. The van der Waals surface area contributed by atoms with E-state index in [1.54, 1.807) is 61.4 Å². The van der Waals surface area contributed by atoms with Gasteiger partial charge in [0, 0.05) is 25.5 Å². The quantitative estimate of drug-likeness (QED) is 0.552. The molecule has 0 aliphatic rings. The average molecular weight is 402 g/mol. The van der Waals surface area contributed by atoms with Crippen LogP contribution in [0, 0.1) is 13.8 Å². The van der Waals surface area contributed by atoms with Crippen molar-refractivity contribution in [2.75, 3.05) is 25.5 Å². The maximum absolute atomic E-state index is 12.6. The Morgan fingerprint density at radius 3 is 2.57 bits per heavy atom. The molecule has 0 saturated carbocycles. The third-order valence-corrected chi connectivity index (χ3v) is 5.70. The summed E-state index contributed by atoms with van der Waals surface area (Å²) < 4.78 is 34.6. The van der Waals surface area contributed by atoms with E-state index in [1.165, 1.54) is 0 Å². The lowest BCUT2D eigenvalue weighted by Crippen LogP contribution is -2.29. The number of methoxy groups -OCH3 is 1. The largest absolute Gasteiger partial charge is 0.496 e. The maximum atomic E-state index is 12.6. The summed E-state index contributed by atoms with van der Waals surface area (Å²) in [6.45, 7) is 4.12. The van der Waals surface area contributed by atoms with E-state index in [4.69, 9.17) is 4.74 Å². The highest BCUT2D eigenvalue weighted by atomic mass is 32.2. The van der Waals surface area contributed by atoms with Gasteiger partial charge in [0.05, 0.1) is 12.0 Å². The minimum Gasteiger partial charge on any atom is -0.496 e. The molecule has 3 aromatic rings. The number of aryl methyl sites for hydroxylation is 2. The van der Waals surface area contributed by atoms with Crippen molar-refractivity contribution >= 4 is 15.8 Å². The van der Waals surface area contributed by atoms with Gasteiger partial charge in [0.1, 0.15) is 11.6 Å². The first kappa shape index (κ1) is 19.8. The number of nitrogens with one attached hydrogen (secondary N) is 2. The molecule has 1 aromatic carbocycles. The van der Waals surface area contributed by atoms with E-state index in [0.29, 0.717) is 29.5 Å². The van der Waals surface area contributed by atoms with Gasteiger partial charge in [-0.15, -0.1) is 10.2 Å². The van der Waals surface area contributed by atoms with E-state index in [1.807, 2.05) is 6.92 Å². The van der Waals surface area contributed by atoms with Gasteiger partial charge in [-0.3, -0.25) is 0 Å². The molecule has 3 rings (SSSR count). The number of aromatic nitrogens is 4. The topological polar surface area (TPSA) is 111 Å². The molecule has 2 heterocycles. The average Bonchev–Trinajstić information content (AvgIpc) is 3.22. The van der Waals surface area contributed by atoms with Crippen molar-refractivity contribution < 1.29 is 13.2 Å². The number of rotatable bonds is 8. The van der Waals surface area contributed by atoms with Gasteiger partial charge < -0.3 is 10.1 Å². The fourth-order valence-corrected chi connectivity index (χ4v) is 4.01. The van der Waals surface area contributed by atoms with Crippen molar-refractivity contribution in [1.29, 1.82) is 0 Å². The molecule has 0 amide bonds. The molecule has 0 unspecified atom stereocenters. The Hall–Kier alpha value is -2.98. The zero-order valence-corrected chi connectivity index (χ0v) is 16.7. The van der Waals surface area contributed by atoms with E-state index in [9.17, 15) is 8.42 Å². The van der Waals surface area contributed by atoms with Crippen LogP contribution in [0.2, 0.25) is 0 Å². The Bertz CT molecular complexity index is 1030. The molecule has 28 heavy (non-hydrogen) atoms. The van der Waals surface area contributed by atoms with Crippen LogP contribution in [0.4, 0.5) is 5.82 Å². The fourth-order valence-electron chi connectivity index (χ4n) is 2.67. The lowest BCUT2D eigenvalue weighted by Gasteiger charge is -2.13. The Morgan fingerprint density at radius 1 is 1.11 bits per heavy atom. The smallest absolute Gasteiger partial charge is 0.240 e. The second-order valence-electron chi connectivity index (χ2n) is 6.14. The van der Waals surface area contributed by atoms with Crippen LogP contribution in [-0.4, -0.2) is 48.6 Å². The van der Waals surface area contributed by atoms with Gasteiger partial charge in [-0.05, 0) is 55.3 Å². The molecule has 2 aromatic heterocycles. The summed E-state index contributed by atoms with van der Waals surface area (Å²) in [6.07, 6.45) is 3.43. The zero-order chi connectivity index (χ0) is 20.1. The van der Waals surface area contributed by atoms with Crippen LogP contribution in [0.1, 0.15) is 11.1 Å². The van der Waals surface area contributed by atoms with E-state index in [0.717, 1.165) is 5.56 Å². The number of sulfonamides is 1. The van der Waals surface area contributed by atoms with Gasteiger partial charge in [-0.1, -0.05) is 0 Å². The lowest BCUT2D eigenvalue weighted by atomic mass is 10.1. The maximum Gasteiger partial charge on any atom is 0.240 e. The van der Waals surface area contributed by atoms with E-state index in [2.05, 4.69) is 25.3 Å². The molecular formula is C18H22N6O3S. The number of hydrogen-bond acceptors (Lipinski definition) is 7. The molecule has 2 N–H and O–H groups in total. The van der Waals surface area contributed by atoms with Crippen LogP contribution in [0.5, 0.6) is 5.75 Å². The highest BCUT2D eigenvalue weighted by molar-refractivity contribution is 7.89. The summed E-state index contributed by atoms with van der Waals surface area (Å²) in [6, 6.07) is 8.67. The third kappa shape index (κ3) is 4.46. The molecule has 0 atom stereocenters. The predicted molar refractivity (Wildman–Crippen MR) is 105 cm³/mol. The lowest BCUT2D eigenvalue weighted by molar-refractivity contribution is 0.411. The minimum absolute atomic E-state index is 0.204. The van der Waals surface area contributed by atoms with Crippen molar-refractivity contribution in [3.05, 3.63) is 53.9 Å². The van der Waals surface area contributed by atoms with Crippen molar-refractivity contribution in [2.45, 2.75) is 18.7 Å². The molecule has 0 aliphatic heterocycles. The first-order valence-electron chi connectivity index (χ1n) is 8.63. The number of nitrogens with zero attached hydrogens (tertiary/aromatic N) is 4. The minimum atomic E-state index is -3.62. The van der Waals surface area contributed by atoms with Gasteiger partial charge in [-0.2, -0.15) is 5.10 Å². The van der Waals surface area contributed by atoms with Crippen molar-refractivity contribution in [3.63, 3.8) is 0 Å². The van der Waals surface area contributed by atoms with Crippen molar-refractivity contribution in [2.24, 2.45) is 0 Å². The highest BCUT2D eigenvalue weighted by Crippen LogP contribution is 2.25. The summed E-state index contributed by atoms with van der Waals surface area (Å²) in [5.41, 5.74) is 1.39. The first-order valence-corrected chi connectivity index (χ1v) is 10.1. The van der Waals surface area contributed by atoms with Crippen LogP contribution in [0.25, 0.3) is 5.82 Å². The van der Waals surface area contributed by atoms with E-state index < -0.39 is 10.0 Å². The molecular weight excluding hydrogens is 380 g/mol. The van der Waals surface area contributed by atoms with Gasteiger partial charge in [0.2, 0.25) is 10.0 Å². The van der Waals surface area contributed by atoms with E-state index in [-0.39, 0.29) is 11.4 Å². The summed E-state index contributed by atoms with van der Waals surface area (Å²) in [7, 11) is -2.06. The van der Waals surface area contributed by atoms with Gasteiger partial charge in [-0.25, -0.2) is 17.8 Å². The molecule has 0 spiro atoms. The zero-order valence-electron chi connectivity index (χ0n) is 15.9.